The van der Waals surface area contributed by atoms with Crippen molar-refractivity contribution in [2.75, 3.05) is 25.0 Å². The number of hydrogen-bond acceptors (Lipinski definition) is 6. The van der Waals surface area contributed by atoms with Crippen LogP contribution in [0.15, 0.2) is 35.7 Å². The number of esters is 1. The van der Waals surface area contributed by atoms with Gasteiger partial charge < -0.3 is 20.7 Å². The van der Waals surface area contributed by atoms with E-state index in [9.17, 15) is 19.2 Å². The van der Waals surface area contributed by atoms with E-state index in [2.05, 4.69) is 16.0 Å². The number of carbonyl (C=O) groups is 4. The molecule has 0 radical (unpaired) electrons. The fraction of sp³-hybridized carbons (Fsp3) is 0.300. The molecule has 9 heteroatoms. The Balaban J connectivity index is 1.31. The number of rotatable bonds is 8. The molecule has 3 amide bonds. The minimum absolute atomic E-state index is 0.261. The molecular formula is C20H21N3O5S. The van der Waals surface area contributed by atoms with Crippen LogP contribution in [0.2, 0.25) is 0 Å². The van der Waals surface area contributed by atoms with Crippen molar-refractivity contribution in [3.05, 3.63) is 51.7 Å². The molecule has 152 valence electrons. The van der Waals surface area contributed by atoms with E-state index in [-0.39, 0.29) is 19.0 Å². The monoisotopic (exact) mass is 415 g/mol. The number of nitrogens with one attached hydrogen (secondary N) is 3. The van der Waals surface area contributed by atoms with Gasteiger partial charge in [0.1, 0.15) is 6.54 Å². The minimum atomic E-state index is -0.743. The molecule has 3 N–H and O–H groups in total. The molecule has 1 aromatic carbocycles. The van der Waals surface area contributed by atoms with Crippen LogP contribution >= 0.6 is 11.3 Å². The molecule has 2 aromatic rings. The molecule has 0 fully saturated rings. The normalized spacial score (nSPS) is 12.0. The summed E-state index contributed by atoms with van der Waals surface area (Å²) in [7, 11) is 0. The molecule has 0 bridgehead atoms. The summed E-state index contributed by atoms with van der Waals surface area (Å²) in [5.74, 6) is -2.09. The lowest BCUT2D eigenvalue weighted by Gasteiger charge is -2.09. The highest BCUT2D eigenvalue weighted by atomic mass is 32.1. The first-order valence-electron chi connectivity index (χ1n) is 9.17. The summed E-state index contributed by atoms with van der Waals surface area (Å²) >= 11 is 1.26. The van der Waals surface area contributed by atoms with Crippen molar-refractivity contribution < 1.29 is 23.9 Å². The Morgan fingerprint density at radius 1 is 0.966 bits per heavy atom. The highest BCUT2D eigenvalue weighted by molar-refractivity contribution is 7.12. The van der Waals surface area contributed by atoms with Crippen molar-refractivity contribution >= 4 is 40.7 Å². The Labute approximate surface area is 171 Å². The summed E-state index contributed by atoms with van der Waals surface area (Å²) < 4.78 is 4.85. The van der Waals surface area contributed by atoms with Gasteiger partial charge >= 0.3 is 5.97 Å². The Kier molecular flexibility index (Phi) is 6.96. The predicted molar refractivity (Wildman–Crippen MR) is 108 cm³/mol. The first-order chi connectivity index (χ1) is 14.0. The maximum absolute atomic E-state index is 11.9. The molecule has 1 aliphatic carbocycles. The molecule has 1 aliphatic rings. The molecular weight excluding hydrogens is 394 g/mol. The van der Waals surface area contributed by atoms with E-state index in [0.717, 1.165) is 19.3 Å². The molecule has 0 spiro atoms. The van der Waals surface area contributed by atoms with Crippen LogP contribution in [0.1, 0.15) is 27.2 Å². The van der Waals surface area contributed by atoms with Gasteiger partial charge in [-0.2, -0.15) is 0 Å². The molecule has 0 unspecified atom stereocenters. The van der Waals surface area contributed by atoms with Gasteiger partial charge in [-0.1, -0.05) is 12.1 Å². The largest absolute Gasteiger partial charge is 0.454 e. The summed E-state index contributed by atoms with van der Waals surface area (Å²) in [6, 6.07) is 9.14. The average molecular weight is 415 g/mol. The van der Waals surface area contributed by atoms with Crippen LogP contribution < -0.4 is 16.0 Å². The lowest BCUT2D eigenvalue weighted by Crippen LogP contribution is -2.39. The van der Waals surface area contributed by atoms with Crippen molar-refractivity contribution in [2.24, 2.45) is 0 Å². The molecule has 1 aromatic heterocycles. The van der Waals surface area contributed by atoms with Gasteiger partial charge in [-0.15, -0.1) is 11.3 Å². The van der Waals surface area contributed by atoms with Crippen molar-refractivity contribution in [1.29, 1.82) is 0 Å². The summed E-state index contributed by atoms with van der Waals surface area (Å²) in [6.07, 6.45) is 3.18. The van der Waals surface area contributed by atoms with Crippen molar-refractivity contribution in [3.63, 3.8) is 0 Å². The van der Waals surface area contributed by atoms with Crippen LogP contribution in [0.5, 0.6) is 0 Å². The third-order valence-electron chi connectivity index (χ3n) is 4.33. The summed E-state index contributed by atoms with van der Waals surface area (Å²) in [5, 5.41) is 9.22. The van der Waals surface area contributed by atoms with Crippen LogP contribution in [-0.4, -0.2) is 43.4 Å². The van der Waals surface area contributed by atoms with Gasteiger partial charge in [-0.3, -0.25) is 19.2 Å². The molecule has 8 nitrogen and oxygen atoms in total. The summed E-state index contributed by atoms with van der Waals surface area (Å²) in [6.45, 7) is -1.09. The molecule has 0 atom stereocenters. The Morgan fingerprint density at radius 2 is 1.79 bits per heavy atom. The van der Waals surface area contributed by atoms with Gasteiger partial charge in [0.2, 0.25) is 5.91 Å². The first kappa shape index (κ1) is 20.5. The van der Waals surface area contributed by atoms with Crippen LogP contribution in [0.25, 0.3) is 0 Å². The fourth-order valence-corrected chi connectivity index (χ4v) is 3.57. The number of fused-ring (bicyclic) bond motifs is 1. The summed E-state index contributed by atoms with van der Waals surface area (Å²) in [4.78, 5) is 47.5. The Morgan fingerprint density at radius 3 is 2.59 bits per heavy atom. The zero-order valence-electron chi connectivity index (χ0n) is 15.7. The maximum Gasteiger partial charge on any atom is 0.325 e. The number of benzene rings is 1. The zero-order chi connectivity index (χ0) is 20.6. The summed E-state index contributed by atoms with van der Waals surface area (Å²) in [5.41, 5.74) is 3.20. The fourth-order valence-electron chi connectivity index (χ4n) is 2.93. The van der Waals surface area contributed by atoms with E-state index in [1.54, 1.807) is 17.5 Å². The Bertz CT molecular complexity index is 911. The number of thiophene rings is 1. The molecule has 0 saturated heterocycles. The molecule has 0 saturated carbocycles. The van der Waals surface area contributed by atoms with E-state index < -0.39 is 24.4 Å². The van der Waals surface area contributed by atoms with Crippen LogP contribution in [-0.2, 0) is 32.0 Å². The minimum Gasteiger partial charge on any atom is -0.454 e. The maximum atomic E-state index is 11.9. The van der Waals surface area contributed by atoms with Crippen molar-refractivity contribution in [3.8, 4) is 0 Å². The highest BCUT2D eigenvalue weighted by Crippen LogP contribution is 2.24. The number of carbonyl (C=O) groups excluding carboxylic acids is 4. The van der Waals surface area contributed by atoms with Crippen LogP contribution in [0, 0.1) is 0 Å². The highest BCUT2D eigenvalue weighted by Gasteiger charge is 2.14. The predicted octanol–water partition coefficient (Wildman–Crippen LogP) is 1.26. The lowest BCUT2D eigenvalue weighted by atomic mass is 10.1. The topological polar surface area (TPSA) is 114 Å². The number of anilines is 1. The molecule has 0 aliphatic heterocycles. The van der Waals surface area contributed by atoms with Gasteiger partial charge in [-0.25, -0.2) is 0 Å². The number of hydrogen-bond donors (Lipinski definition) is 3. The van der Waals surface area contributed by atoms with E-state index in [4.69, 9.17) is 4.74 Å². The zero-order valence-corrected chi connectivity index (χ0v) is 16.5. The lowest BCUT2D eigenvalue weighted by molar-refractivity contribution is -0.147. The quantitative estimate of drug-likeness (QED) is 0.562. The first-order valence-corrected chi connectivity index (χ1v) is 10.0. The third kappa shape index (κ3) is 6.15. The third-order valence-corrected chi connectivity index (χ3v) is 5.20. The van der Waals surface area contributed by atoms with Crippen molar-refractivity contribution in [2.45, 2.75) is 19.3 Å². The van der Waals surface area contributed by atoms with Gasteiger partial charge in [0.15, 0.2) is 6.61 Å². The smallest absolute Gasteiger partial charge is 0.325 e. The molecule has 1 heterocycles. The van der Waals surface area contributed by atoms with Crippen LogP contribution in [0.4, 0.5) is 5.69 Å². The van der Waals surface area contributed by atoms with E-state index in [1.807, 2.05) is 18.2 Å². The number of ether oxygens (including phenoxy) is 1. The Hall–Kier alpha value is -3.20. The van der Waals surface area contributed by atoms with E-state index in [0.29, 0.717) is 10.6 Å². The van der Waals surface area contributed by atoms with Gasteiger partial charge in [0, 0.05) is 5.69 Å². The van der Waals surface area contributed by atoms with Gasteiger partial charge in [-0.05, 0) is 54.0 Å². The second-order valence-corrected chi connectivity index (χ2v) is 7.43. The van der Waals surface area contributed by atoms with Gasteiger partial charge in [0.25, 0.3) is 11.8 Å². The standard InChI is InChI=1S/C20H21N3O5S/c24-17(10-22-20(27)16-5-2-8-29-16)21-11-19(26)28-12-18(25)23-15-7-6-13-3-1-4-14(13)9-15/h2,5-9H,1,3-4,10-12H2,(H,21,24)(H,22,27)(H,23,25). The second kappa shape index (κ2) is 9.83. The molecule has 29 heavy (non-hydrogen) atoms. The second-order valence-electron chi connectivity index (χ2n) is 6.48. The van der Waals surface area contributed by atoms with Crippen molar-refractivity contribution in [1.82, 2.24) is 10.6 Å². The van der Waals surface area contributed by atoms with Gasteiger partial charge in [0.05, 0.1) is 11.4 Å². The van der Waals surface area contributed by atoms with E-state index >= 15 is 0 Å². The SMILES string of the molecule is O=C(CNC(=O)c1cccs1)NCC(=O)OCC(=O)Nc1ccc2c(c1)CCC2. The van der Waals surface area contributed by atoms with E-state index in [1.165, 1.54) is 22.5 Å². The van der Waals surface area contributed by atoms with Crippen LogP contribution in [0.3, 0.4) is 0 Å². The molecule has 3 rings (SSSR count). The number of aryl methyl sites for hydroxylation is 2. The average Bonchev–Trinajstić information content (AvgIpc) is 3.40. The number of amides is 3.